The SMILES string of the molecule is O=C(Nc1nnc(SCc2nc3ccccc3[nH]c2=O)s1)c1ccccc1F. The quantitative estimate of drug-likeness (QED) is 0.384. The van der Waals surface area contributed by atoms with E-state index in [1.54, 1.807) is 12.1 Å². The predicted molar refractivity (Wildman–Crippen MR) is 106 cm³/mol. The van der Waals surface area contributed by atoms with Crippen LogP contribution in [0.3, 0.4) is 0 Å². The molecule has 0 aliphatic rings. The van der Waals surface area contributed by atoms with Crippen molar-refractivity contribution in [3.8, 4) is 0 Å². The number of carbonyl (C=O) groups excluding carboxylic acids is 1. The highest BCUT2D eigenvalue weighted by atomic mass is 32.2. The third kappa shape index (κ3) is 3.92. The average molecular weight is 413 g/mol. The molecule has 2 heterocycles. The number of para-hydroxylation sites is 2. The second kappa shape index (κ2) is 7.87. The van der Waals surface area contributed by atoms with Crippen LogP contribution in [0.2, 0.25) is 0 Å². The smallest absolute Gasteiger partial charge is 0.271 e. The first-order valence-corrected chi connectivity index (χ1v) is 9.90. The zero-order valence-electron chi connectivity index (χ0n) is 14.2. The molecule has 0 aliphatic heterocycles. The molecular weight excluding hydrogens is 401 g/mol. The van der Waals surface area contributed by atoms with Gasteiger partial charge >= 0.3 is 0 Å². The summed E-state index contributed by atoms with van der Waals surface area (Å²) in [7, 11) is 0. The normalized spacial score (nSPS) is 10.9. The fourth-order valence-electron chi connectivity index (χ4n) is 2.42. The van der Waals surface area contributed by atoms with Gasteiger partial charge in [0.1, 0.15) is 11.5 Å². The molecule has 0 spiro atoms. The molecule has 0 aliphatic carbocycles. The molecule has 10 heteroatoms. The first-order valence-electron chi connectivity index (χ1n) is 8.10. The van der Waals surface area contributed by atoms with Gasteiger partial charge in [-0.25, -0.2) is 9.37 Å². The second-order valence-electron chi connectivity index (χ2n) is 5.63. The van der Waals surface area contributed by atoms with Gasteiger partial charge in [-0.3, -0.25) is 14.9 Å². The summed E-state index contributed by atoms with van der Waals surface area (Å²) in [5.74, 6) is -0.907. The summed E-state index contributed by atoms with van der Waals surface area (Å²) < 4.78 is 14.2. The molecule has 0 bridgehead atoms. The maximum atomic E-state index is 13.7. The lowest BCUT2D eigenvalue weighted by atomic mass is 10.2. The van der Waals surface area contributed by atoms with Crippen LogP contribution in [0, 0.1) is 5.82 Å². The van der Waals surface area contributed by atoms with Gasteiger partial charge in [0.25, 0.3) is 11.5 Å². The van der Waals surface area contributed by atoms with Crippen molar-refractivity contribution in [2.24, 2.45) is 0 Å². The predicted octanol–water partition coefficient (Wildman–Crippen LogP) is 3.46. The van der Waals surface area contributed by atoms with Gasteiger partial charge in [-0.15, -0.1) is 10.2 Å². The summed E-state index contributed by atoms with van der Waals surface area (Å²) in [6, 6.07) is 13.0. The van der Waals surface area contributed by atoms with Gasteiger partial charge in [0.2, 0.25) is 5.13 Å². The van der Waals surface area contributed by atoms with E-state index in [9.17, 15) is 14.0 Å². The van der Waals surface area contributed by atoms with E-state index in [0.717, 1.165) is 11.3 Å². The lowest BCUT2D eigenvalue weighted by Gasteiger charge is -2.02. The van der Waals surface area contributed by atoms with E-state index < -0.39 is 11.7 Å². The van der Waals surface area contributed by atoms with Crippen LogP contribution in [-0.2, 0) is 5.75 Å². The average Bonchev–Trinajstić information content (AvgIpc) is 3.14. The van der Waals surface area contributed by atoms with Gasteiger partial charge in [-0.2, -0.15) is 0 Å². The molecule has 0 saturated heterocycles. The Kier molecular flexibility index (Phi) is 5.13. The number of thioether (sulfide) groups is 1. The Balaban J connectivity index is 1.44. The Morgan fingerprint density at radius 1 is 1.14 bits per heavy atom. The van der Waals surface area contributed by atoms with Crippen molar-refractivity contribution >= 4 is 45.2 Å². The number of anilines is 1. The number of H-pyrrole nitrogens is 1. The minimum absolute atomic E-state index is 0.0706. The fourth-order valence-corrected chi connectivity index (χ4v) is 4.10. The first-order chi connectivity index (χ1) is 13.6. The zero-order valence-corrected chi connectivity index (χ0v) is 15.8. The van der Waals surface area contributed by atoms with Crippen molar-refractivity contribution in [3.63, 3.8) is 0 Å². The number of carbonyl (C=O) groups is 1. The highest BCUT2D eigenvalue weighted by Crippen LogP contribution is 2.27. The highest BCUT2D eigenvalue weighted by molar-refractivity contribution is 8.00. The molecule has 0 unspecified atom stereocenters. The number of nitrogens with one attached hydrogen (secondary N) is 2. The highest BCUT2D eigenvalue weighted by Gasteiger charge is 2.14. The molecule has 4 aromatic rings. The summed E-state index contributed by atoms with van der Waals surface area (Å²) in [6.45, 7) is 0. The van der Waals surface area contributed by atoms with E-state index in [1.165, 1.54) is 30.0 Å². The van der Waals surface area contributed by atoms with Gasteiger partial charge in [-0.05, 0) is 24.3 Å². The van der Waals surface area contributed by atoms with Crippen molar-refractivity contribution in [1.29, 1.82) is 0 Å². The third-order valence-electron chi connectivity index (χ3n) is 3.75. The molecule has 4 rings (SSSR count). The Bertz CT molecular complexity index is 1220. The first kappa shape index (κ1) is 18.3. The molecular formula is C18H12FN5O2S2. The van der Waals surface area contributed by atoms with Crippen LogP contribution >= 0.6 is 23.1 Å². The monoisotopic (exact) mass is 413 g/mol. The van der Waals surface area contributed by atoms with E-state index in [2.05, 4.69) is 25.5 Å². The van der Waals surface area contributed by atoms with E-state index in [1.807, 2.05) is 18.2 Å². The Hall–Kier alpha value is -3.11. The molecule has 1 amide bonds. The van der Waals surface area contributed by atoms with Crippen LogP contribution in [0.15, 0.2) is 57.7 Å². The van der Waals surface area contributed by atoms with Gasteiger partial charge in [0.05, 0.1) is 16.6 Å². The van der Waals surface area contributed by atoms with Crippen LogP contribution in [-0.4, -0.2) is 26.1 Å². The van der Waals surface area contributed by atoms with E-state index in [4.69, 9.17) is 0 Å². The zero-order chi connectivity index (χ0) is 19.5. The largest absolute Gasteiger partial charge is 0.319 e. The molecule has 0 fully saturated rings. The Labute approximate surface area is 166 Å². The fraction of sp³-hybridized carbons (Fsp3) is 0.0556. The van der Waals surface area contributed by atoms with Gasteiger partial charge in [0.15, 0.2) is 4.34 Å². The van der Waals surface area contributed by atoms with E-state index in [0.29, 0.717) is 26.8 Å². The summed E-state index contributed by atoms with van der Waals surface area (Å²) in [6.07, 6.45) is 0. The molecule has 7 nitrogen and oxygen atoms in total. The maximum absolute atomic E-state index is 13.7. The lowest BCUT2D eigenvalue weighted by molar-refractivity contribution is 0.102. The molecule has 0 radical (unpaired) electrons. The molecule has 140 valence electrons. The van der Waals surface area contributed by atoms with Crippen molar-refractivity contribution in [2.75, 3.05) is 5.32 Å². The summed E-state index contributed by atoms with van der Waals surface area (Å²) in [5, 5.41) is 10.6. The van der Waals surface area contributed by atoms with Crippen LogP contribution < -0.4 is 10.9 Å². The van der Waals surface area contributed by atoms with Crippen LogP contribution in [0.4, 0.5) is 9.52 Å². The number of nitrogens with zero attached hydrogens (tertiary/aromatic N) is 3. The standard InChI is InChI=1S/C18H12FN5O2S2/c19-11-6-2-1-5-10(11)15(25)22-17-23-24-18(28-17)27-9-14-16(26)21-13-8-4-3-7-12(13)20-14/h1-8H,9H2,(H,21,26)(H,22,23,25). The second-order valence-corrected chi connectivity index (χ2v) is 7.83. The minimum Gasteiger partial charge on any atom is -0.319 e. The van der Waals surface area contributed by atoms with Crippen LogP contribution in [0.5, 0.6) is 0 Å². The van der Waals surface area contributed by atoms with E-state index >= 15 is 0 Å². The third-order valence-corrected chi connectivity index (χ3v) is 5.73. The number of rotatable bonds is 5. The summed E-state index contributed by atoms with van der Waals surface area (Å²) in [5.41, 5.74) is 1.42. The number of hydrogen-bond donors (Lipinski definition) is 2. The molecule has 2 N–H and O–H groups in total. The molecule has 0 saturated carbocycles. The number of aromatic nitrogens is 4. The van der Waals surface area contributed by atoms with Crippen LogP contribution in [0.25, 0.3) is 11.0 Å². The van der Waals surface area contributed by atoms with E-state index in [-0.39, 0.29) is 16.3 Å². The summed E-state index contributed by atoms with van der Waals surface area (Å²) in [4.78, 5) is 31.4. The topological polar surface area (TPSA) is 101 Å². The van der Waals surface area contributed by atoms with Crippen molar-refractivity contribution in [3.05, 3.63) is 76.0 Å². The van der Waals surface area contributed by atoms with Crippen molar-refractivity contribution in [1.82, 2.24) is 20.2 Å². The van der Waals surface area contributed by atoms with Gasteiger partial charge < -0.3 is 4.98 Å². The molecule has 2 aromatic carbocycles. The Morgan fingerprint density at radius 2 is 1.93 bits per heavy atom. The van der Waals surface area contributed by atoms with Gasteiger partial charge in [0, 0.05) is 5.75 Å². The van der Waals surface area contributed by atoms with Crippen molar-refractivity contribution in [2.45, 2.75) is 10.1 Å². The van der Waals surface area contributed by atoms with Crippen molar-refractivity contribution < 1.29 is 9.18 Å². The summed E-state index contributed by atoms with van der Waals surface area (Å²) >= 11 is 2.42. The number of hydrogen-bond acceptors (Lipinski definition) is 7. The maximum Gasteiger partial charge on any atom is 0.271 e. The minimum atomic E-state index is -0.610. The number of aromatic amines is 1. The number of amides is 1. The molecule has 28 heavy (non-hydrogen) atoms. The number of halogens is 1. The van der Waals surface area contributed by atoms with Gasteiger partial charge in [-0.1, -0.05) is 47.4 Å². The molecule has 2 aromatic heterocycles. The van der Waals surface area contributed by atoms with Crippen LogP contribution in [0.1, 0.15) is 16.1 Å². The number of benzene rings is 2. The Morgan fingerprint density at radius 3 is 2.79 bits per heavy atom. The lowest BCUT2D eigenvalue weighted by Crippen LogP contribution is -2.14. The number of fused-ring (bicyclic) bond motifs is 1. The molecule has 0 atom stereocenters.